The van der Waals surface area contributed by atoms with Gasteiger partial charge >= 0.3 is 0 Å². The van der Waals surface area contributed by atoms with E-state index in [1.807, 2.05) is 11.8 Å². The molecule has 0 aliphatic carbocycles. The molecule has 4 rings (SSSR count). The second kappa shape index (κ2) is 9.45. The third-order valence-corrected chi connectivity index (χ3v) is 6.55. The minimum atomic E-state index is -0.259. The fourth-order valence-electron chi connectivity index (χ4n) is 3.69. The van der Waals surface area contributed by atoms with Gasteiger partial charge in [0, 0.05) is 5.75 Å². The van der Waals surface area contributed by atoms with Crippen molar-refractivity contribution in [3.8, 4) is 0 Å². The van der Waals surface area contributed by atoms with Crippen LogP contribution in [0, 0.1) is 0 Å². The van der Waals surface area contributed by atoms with Gasteiger partial charge in [-0.3, -0.25) is 0 Å². The third kappa shape index (κ3) is 4.36. The van der Waals surface area contributed by atoms with Crippen molar-refractivity contribution in [2.24, 2.45) is 0 Å². The zero-order chi connectivity index (χ0) is 19.8. The van der Waals surface area contributed by atoms with Crippen LogP contribution in [0.5, 0.6) is 0 Å². The number of hydrogen-bond acceptors (Lipinski definition) is 1. The summed E-state index contributed by atoms with van der Waals surface area (Å²) >= 11 is 1.96. The average molecular weight is 393 g/mol. The minimum Gasteiger partial charge on any atom is -0.136 e. The van der Waals surface area contributed by atoms with Crippen molar-refractivity contribution in [1.82, 2.24) is 0 Å². The van der Waals surface area contributed by atoms with E-state index in [9.17, 15) is 0 Å². The molecule has 0 aromatic heterocycles. The summed E-state index contributed by atoms with van der Waals surface area (Å²) in [6.07, 6.45) is 4.47. The summed E-state index contributed by atoms with van der Waals surface area (Å²) in [6.45, 7) is 0. The van der Waals surface area contributed by atoms with E-state index < -0.39 is 0 Å². The summed E-state index contributed by atoms with van der Waals surface area (Å²) in [6, 6.07) is 43.0. The molecular weight excluding hydrogens is 368 g/mol. The van der Waals surface area contributed by atoms with Crippen LogP contribution in [0.1, 0.15) is 22.3 Å². The topological polar surface area (TPSA) is 0 Å². The molecule has 0 heterocycles. The number of benzene rings is 4. The summed E-state index contributed by atoms with van der Waals surface area (Å²) in [4.78, 5) is 0. The Bertz CT molecular complexity index is 926. The van der Waals surface area contributed by atoms with Crippen molar-refractivity contribution in [3.05, 3.63) is 150 Å². The highest BCUT2D eigenvalue weighted by atomic mass is 32.2. The van der Waals surface area contributed by atoms with Crippen molar-refractivity contribution in [2.45, 2.75) is 4.75 Å². The Morgan fingerprint density at radius 1 is 0.517 bits per heavy atom. The molecule has 0 spiro atoms. The van der Waals surface area contributed by atoms with Gasteiger partial charge in [0.25, 0.3) is 0 Å². The summed E-state index contributed by atoms with van der Waals surface area (Å²) in [5.74, 6) is 0.910. The van der Waals surface area contributed by atoms with Crippen LogP contribution in [0.2, 0.25) is 0 Å². The number of rotatable bonds is 7. The van der Waals surface area contributed by atoms with E-state index in [4.69, 9.17) is 0 Å². The quantitative estimate of drug-likeness (QED) is 0.295. The molecule has 4 aromatic carbocycles. The lowest BCUT2D eigenvalue weighted by Crippen LogP contribution is -2.25. The van der Waals surface area contributed by atoms with E-state index in [2.05, 4.69) is 133 Å². The fraction of sp³-hybridized carbons (Fsp3) is 0.0714. The summed E-state index contributed by atoms with van der Waals surface area (Å²) in [5, 5.41) is 0. The lowest BCUT2D eigenvalue weighted by atomic mass is 9.84. The predicted molar refractivity (Wildman–Crippen MR) is 127 cm³/mol. The van der Waals surface area contributed by atoms with Crippen molar-refractivity contribution in [3.63, 3.8) is 0 Å². The van der Waals surface area contributed by atoms with Gasteiger partial charge in [-0.25, -0.2) is 0 Å². The Balaban J connectivity index is 1.76. The minimum absolute atomic E-state index is 0.259. The van der Waals surface area contributed by atoms with Crippen LogP contribution >= 0.6 is 11.8 Å². The Hall–Kier alpha value is -3.03. The van der Waals surface area contributed by atoms with Crippen LogP contribution in [0.25, 0.3) is 6.08 Å². The highest BCUT2D eigenvalue weighted by Crippen LogP contribution is 2.48. The van der Waals surface area contributed by atoms with E-state index in [0.717, 1.165) is 5.75 Å². The van der Waals surface area contributed by atoms with Crippen LogP contribution in [-0.2, 0) is 4.75 Å². The first kappa shape index (κ1) is 19.3. The van der Waals surface area contributed by atoms with E-state index in [1.165, 1.54) is 22.3 Å². The van der Waals surface area contributed by atoms with Crippen molar-refractivity contribution >= 4 is 17.8 Å². The SMILES string of the molecule is C(=C\c1ccccc1)/CSC(c1ccccc1)(c1ccccc1)c1ccccc1. The number of hydrogen-bond donors (Lipinski definition) is 0. The number of thioether (sulfide) groups is 1. The zero-order valence-electron chi connectivity index (χ0n) is 16.3. The molecule has 29 heavy (non-hydrogen) atoms. The molecule has 0 unspecified atom stereocenters. The van der Waals surface area contributed by atoms with Crippen molar-refractivity contribution in [2.75, 3.05) is 5.75 Å². The van der Waals surface area contributed by atoms with Gasteiger partial charge in [0.15, 0.2) is 0 Å². The molecule has 4 aromatic rings. The van der Waals surface area contributed by atoms with Gasteiger partial charge in [0.2, 0.25) is 0 Å². The lowest BCUT2D eigenvalue weighted by molar-refractivity contribution is 0.896. The highest BCUT2D eigenvalue weighted by Gasteiger charge is 2.36. The van der Waals surface area contributed by atoms with Crippen LogP contribution in [0.3, 0.4) is 0 Å². The average Bonchev–Trinajstić information content (AvgIpc) is 2.82. The van der Waals surface area contributed by atoms with E-state index >= 15 is 0 Å². The summed E-state index contributed by atoms with van der Waals surface area (Å²) < 4.78 is -0.259. The molecule has 0 nitrogen and oxygen atoms in total. The smallest absolute Gasteiger partial charge is 0.0910 e. The van der Waals surface area contributed by atoms with Crippen molar-refractivity contribution < 1.29 is 0 Å². The van der Waals surface area contributed by atoms with E-state index in [-0.39, 0.29) is 4.75 Å². The molecule has 0 aliphatic rings. The van der Waals surface area contributed by atoms with E-state index in [1.54, 1.807) is 0 Å². The molecule has 0 saturated heterocycles. The predicted octanol–water partition coefficient (Wildman–Crippen LogP) is 7.43. The van der Waals surface area contributed by atoms with Gasteiger partial charge < -0.3 is 0 Å². The molecule has 0 bridgehead atoms. The van der Waals surface area contributed by atoms with Gasteiger partial charge in [0.05, 0.1) is 4.75 Å². The lowest BCUT2D eigenvalue weighted by Gasteiger charge is -2.35. The maximum Gasteiger partial charge on any atom is 0.0910 e. The van der Waals surface area contributed by atoms with Gasteiger partial charge in [-0.1, -0.05) is 133 Å². The van der Waals surface area contributed by atoms with E-state index in [0.29, 0.717) is 0 Å². The molecule has 1 heteroatoms. The normalized spacial score (nSPS) is 11.6. The molecular formula is C28H24S. The molecule has 142 valence electrons. The Morgan fingerprint density at radius 2 is 0.897 bits per heavy atom. The largest absolute Gasteiger partial charge is 0.136 e. The Kier molecular flexibility index (Phi) is 6.29. The molecule has 0 saturated carbocycles. The molecule has 0 aliphatic heterocycles. The monoisotopic (exact) mass is 392 g/mol. The van der Waals surface area contributed by atoms with Crippen LogP contribution < -0.4 is 0 Å². The second-order valence-electron chi connectivity index (χ2n) is 6.90. The Morgan fingerprint density at radius 3 is 1.31 bits per heavy atom. The maximum absolute atomic E-state index is 2.27. The summed E-state index contributed by atoms with van der Waals surface area (Å²) in [7, 11) is 0. The zero-order valence-corrected chi connectivity index (χ0v) is 17.1. The molecule has 0 amide bonds. The molecule has 0 radical (unpaired) electrons. The molecule has 0 fully saturated rings. The first-order valence-corrected chi connectivity index (χ1v) is 10.9. The third-order valence-electron chi connectivity index (χ3n) is 5.05. The van der Waals surface area contributed by atoms with Gasteiger partial charge in [-0.2, -0.15) is 0 Å². The van der Waals surface area contributed by atoms with Gasteiger partial charge in [0.1, 0.15) is 0 Å². The molecule has 0 N–H and O–H groups in total. The standard InChI is InChI=1S/C28H24S/c1-5-14-24(15-6-1)16-13-23-29-28(25-17-7-2-8-18-25,26-19-9-3-10-20-26)27-21-11-4-12-22-27/h1-22H,23H2/b16-13+. The van der Waals surface area contributed by atoms with Crippen LogP contribution in [0.4, 0.5) is 0 Å². The first-order valence-electron chi connectivity index (χ1n) is 9.92. The maximum atomic E-state index is 2.27. The van der Waals surface area contributed by atoms with Crippen LogP contribution in [-0.4, -0.2) is 5.75 Å². The highest BCUT2D eigenvalue weighted by molar-refractivity contribution is 8.00. The van der Waals surface area contributed by atoms with Crippen LogP contribution in [0.15, 0.2) is 127 Å². The summed E-state index contributed by atoms with van der Waals surface area (Å²) in [5.41, 5.74) is 5.14. The van der Waals surface area contributed by atoms with Crippen molar-refractivity contribution in [1.29, 1.82) is 0 Å². The van der Waals surface area contributed by atoms with Gasteiger partial charge in [-0.05, 0) is 22.3 Å². The second-order valence-corrected chi connectivity index (χ2v) is 8.14. The Labute approximate surface area is 177 Å². The first-order chi connectivity index (χ1) is 14.4. The fourth-order valence-corrected chi connectivity index (χ4v) is 5.04. The van der Waals surface area contributed by atoms with Gasteiger partial charge in [-0.15, -0.1) is 11.8 Å². The molecule has 0 atom stereocenters.